The quantitative estimate of drug-likeness (QED) is 0.541. The lowest BCUT2D eigenvalue weighted by Crippen LogP contribution is -2.22. The topological polar surface area (TPSA) is 98.5 Å². The van der Waals surface area contributed by atoms with Gasteiger partial charge in [0.05, 0.1) is 5.25 Å². The van der Waals surface area contributed by atoms with Gasteiger partial charge in [-0.15, -0.1) is 20.4 Å². The van der Waals surface area contributed by atoms with Crippen LogP contribution in [0.5, 0.6) is 0 Å². The van der Waals surface area contributed by atoms with Crippen LogP contribution in [-0.4, -0.2) is 41.1 Å². The lowest BCUT2D eigenvalue weighted by Gasteiger charge is -2.18. The molecule has 8 nitrogen and oxygen atoms in total. The average molecular weight is 444 g/mol. The van der Waals surface area contributed by atoms with Crippen molar-refractivity contribution in [2.45, 2.75) is 68.8 Å². The smallest absolute Gasteiger partial charge is 0.239 e. The largest absolute Gasteiger partial charge is 0.302 e. The molecule has 0 unspecified atom stereocenters. The molecule has 1 N–H and O–H groups in total. The van der Waals surface area contributed by atoms with E-state index in [1.807, 2.05) is 30.5 Å². The summed E-state index contributed by atoms with van der Waals surface area (Å²) >= 11 is 2.88. The molecule has 30 heavy (non-hydrogen) atoms. The van der Waals surface area contributed by atoms with Crippen LogP contribution in [0.3, 0.4) is 0 Å². The summed E-state index contributed by atoms with van der Waals surface area (Å²) in [7, 11) is 0. The number of hydrogen-bond acceptors (Lipinski definition) is 8. The van der Waals surface area contributed by atoms with Gasteiger partial charge in [0, 0.05) is 30.4 Å². The molecule has 3 aromatic heterocycles. The van der Waals surface area contributed by atoms with Crippen LogP contribution in [-0.2, 0) is 11.3 Å². The Morgan fingerprint density at radius 3 is 2.83 bits per heavy atom. The Morgan fingerprint density at radius 1 is 1.27 bits per heavy atom. The van der Waals surface area contributed by atoms with Gasteiger partial charge in [0.2, 0.25) is 11.0 Å². The summed E-state index contributed by atoms with van der Waals surface area (Å²) in [6.07, 6.45) is 9.63. The fourth-order valence-electron chi connectivity index (χ4n) is 3.59. The summed E-state index contributed by atoms with van der Waals surface area (Å²) in [5, 5.41) is 22.0. The molecule has 0 bridgehead atoms. The number of carbonyl (C=O) groups is 1. The van der Waals surface area contributed by atoms with Crippen LogP contribution in [0.2, 0.25) is 0 Å². The number of amides is 1. The van der Waals surface area contributed by atoms with E-state index in [-0.39, 0.29) is 11.2 Å². The van der Waals surface area contributed by atoms with Gasteiger partial charge in [0.1, 0.15) is 5.01 Å². The molecule has 3 aromatic rings. The summed E-state index contributed by atoms with van der Waals surface area (Å²) < 4.78 is 2.00. The van der Waals surface area contributed by atoms with Crippen molar-refractivity contribution in [2.75, 3.05) is 5.32 Å². The Bertz CT molecular complexity index is 982. The van der Waals surface area contributed by atoms with E-state index < -0.39 is 0 Å². The summed E-state index contributed by atoms with van der Waals surface area (Å²) in [5.41, 5.74) is 0.903. The maximum absolute atomic E-state index is 12.7. The van der Waals surface area contributed by atoms with Gasteiger partial charge in [-0.1, -0.05) is 42.4 Å². The number of hydrogen-bond donors (Lipinski definition) is 1. The molecule has 1 saturated carbocycles. The molecule has 1 fully saturated rings. The standard InChI is InChI=1S/C20H25N7OS2/c1-3-27-16(15-10-7-11-21-12-15)23-26-20(27)29-13(2)17(28)22-19-25-24-18(30-19)14-8-5-4-6-9-14/h7,10-14H,3-6,8-9H2,1-2H3,(H,22,25,28)/t13-/m0/s1. The average Bonchev–Trinajstić information content (AvgIpc) is 3.41. The second kappa shape index (κ2) is 9.65. The fourth-order valence-corrected chi connectivity index (χ4v) is 5.42. The van der Waals surface area contributed by atoms with Crippen molar-refractivity contribution >= 4 is 34.1 Å². The maximum Gasteiger partial charge on any atom is 0.239 e. The van der Waals surface area contributed by atoms with E-state index in [9.17, 15) is 4.79 Å². The maximum atomic E-state index is 12.7. The van der Waals surface area contributed by atoms with Crippen LogP contribution < -0.4 is 5.32 Å². The van der Waals surface area contributed by atoms with Crippen LogP contribution in [0.25, 0.3) is 11.4 Å². The van der Waals surface area contributed by atoms with Gasteiger partial charge < -0.3 is 4.57 Å². The molecule has 1 aliphatic carbocycles. The first kappa shape index (κ1) is 20.9. The van der Waals surface area contributed by atoms with Crippen molar-refractivity contribution in [3.63, 3.8) is 0 Å². The third-order valence-corrected chi connectivity index (χ3v) is 7.31. The molecule has 4 rings (SSSR count). The SMILES string of the molecule is CCn1c(S[C@@H](C)C(=O)Nc2nnc(C3CCCCC3)s2)nnc1-c1cccnc1. The second-order valence-electron chi connectivity index (χ2n) is 7.32. The number of carbonyl (C=O) groups excluding carboxylic acids is 1. The molecule has 1 atom stereocenters. The highest BCUT2D eigenvalue weighted by atomic mass is 32.2. The van der Waals surface area contributed by atoms with Crippen molar-refractivity contribution in [3.05, 3.63) is 29.5 Å². The Labute approximate surface area is 183 Å². The van der Waals surface area contributed by atoms with Gasteiger partial charge in [-0.25, -0.2) is 0 Å². The molecule has 0 spiro atoms. The first-order valence-corrected chi connectivity index (χ1v) is 12.0. The van der Waals surface area contributed by atoms with Crippen molar-refractivity contribution < 1.29 is 4.79 Å². The van der Waals surface area contributed by atoms with Crippen LogP contribution >= 0.6 is 23.1 Å². The molecule has 0 saturated heterocycles. The van der Waals surface area contributed by atoms with E-state index in [2.05, 4.69) is 30.7 Å². The van der Waals surface area contributed by atoms with Gasteiger partial charge in [0.25, 0.3) is 0 Å². The van der Waals surface area contributed by atoms with Crippen LogP contribution in [0.15, 0.2) is 29.7 Å². The molecule has 3 heterocycles. The summed E-state index contributed by atoms with van der Waals surface area (Å²) in [4.78, 5) is 16.9. The highest BCUT2D eigenvalue weighted by Crippen LogP contribution is 2.35. The van der Waals surface area contributed by atoms with Crippen molar-refractivity contribution in [1.29, 1.82) is 0 Å². The Hall–Kier alpha value is -2.33. The Morgan fingerprint density at radius 2 is 2.10 bits per heavy atom. The number of aromatic nitrogens is 6. The summed E-state index contributed by atoms with van der Waals surface area (Å²) in [5.74, 6) is 1.13. The van der Waals surface area contributed by atoms with Crippen LogP contribution in [0.4, 0.5) is 5.13 Å². The highest BCUT2D eigenvalue weighted by molar-refractivity contribution is 8.00. The normalized spacial score (nSPS) is 15.8. The first-order chi connectivity index (χ1) is 14.7. The Balaban J connectivity index is 1.40. The van der Waals surface area contributed by atoms with Gasteiger partial charge in [-0.05, 0) is 38.8 Å². The molecule has 0 aromatic carbocycles. The van der Waals surface area contributed by atoms with Crippen molar-refractivity contribution in [1.82, 2.24) is 29.9 Å². The predicted molar refractivity (Wildman–Crippen MR) is 119 cm³/mol. The monoisotopic (exact) mass is 443 g/mol. The number of anilines is 1. The molecular formula is C20H25N7OS2. The van der Waals surface area contributed by atoms with E-state index in [0.29, 0.717) is 22.8 Å². The third-order valence-electron chi connectivity index (χ3n) is 5.23. The number of rotatable bonds is 7. The molecule has 1 amide bonds. The van der Waals surface area contributed by atoms with Gasteiger partial charge in [-0.3, -0.25) is 15.1 Å². The van der Waals surface area contributed by atoms with Crippen LogP contribution in [0, 0.1) is 0 Å². The van der Waals surface area contributed by atoms with E-state index >= 15 is 0 Å². The highest BCUT2D eigenvalue weighted by Gasteiger charge is 2.23. The zero-order chi connectivity index (χ0) is 20.9. The van der Waals surface area contributed by atoms with Crippen molar-refractivity contribution in [3.8, 4) is 11.4 Å². The summed E-state index contributed by atoms with van der Waals surface area (Å²) in [6.45, 7) is 4.60. The molecular weight excluding hydrogens is 418 g/mol. The number of pyridine rings is 1. The number of nitrogens with one attached hydrogen (secondary N) is 1. The second-order valence-corrected chi connectivity index (χ2v) is 9.64. The molecule has 0 aliphatic heterocycles. The fraction of sp³-hybridized carbons (Fsp3) is 0.500. The van der Waals surface area contributed by atoms with Gasteiger partial charge in [0.15, 0.2) is 11.0 Å². The Kier molecular flexibility index (Phi) is 6.73. The lowest BCUT2D eigenvalue weighted by molar-refractivity contribution is -0.115. The molecule has 1 aliphatic rings. The van der Waals surface area contributed by atoms with Crippen molar-refractivity contribution in [2.24, 2.45) is 0 Å². The van der Waals surface area contributed by atoms with E-state index in [1.54, 1.807) is 12.4 Å². The van der Waals surface area contributed by atoms with Gasteiger partial charge in [-0.2, -0.15) is 0 Å². The first-order valence-electron chi connectivity index (χ1n) is 10.3. The minimum atomic E-state index is -0.344. The molecule has 10 heteroatoms. The summed E-state index contributed by atoms with van der Waals surface area (Å²) in [6, 6.07) is 3.82. The van der Waals surface area contributed by atoms with E-state index in [1.165, 1.54) is 55.2 Å². The zero-order valence-corrected chi connectivity index (χ0v) is 18.7. The number of thioether (sulfide) groups is 1. The minimum absolute atomic E-state index is 0.111. The lowest BCUT2D eigenvalue weighted by atomic mass is 9.90. The third kappa shape index (κ3) is 4.70. The molecule has 158 valence electrons. The van der Waals surface area contributed by atoms with Gasteiger partial charge >= 0.3 is 0 Å². The van der Waals surface area contributed by atoms with E-state index in [0.717, 1.165) is 16.4 Å². The minimum Gasteiger partial charge on any atom is -0.302 e. The molecule has 0 radical (unpaired) electrons. The predicted octanol–water partition coefficient (Wildman–Crippen LogP) is 4.38. The van der Waals surface area contributed by atoms with E-state index in [4.69, 9.17) is 0 Å². The number of nitrogens with zero attached hydrogens (tertiary/aromatic N) is 6. The van der Waals surface area contributed by atoms with Crippen LogP contribution in [0.1, 0.15) is 56.9 Å². The zero-order valence-electron chi connectivity index (χ0n) is 17.1.